The highest BCUT2D eigenvalue weighted by molar-refractivity contribution is 5.14. The van der Waals surface area contributed by atoms with Crippen LogP contribution in [0.1, 0.15) is 31.7 Å². The quantitative estimate of drug-likeness (QED) is 0.815. The average Bonchev–Trinajstić information content (AvgIpc) is 2.40. The molecule has 0 spiro atoms. The largest absolute Gasteiger partial charge is 0.309 e. The fraction of sp³-hybridized carbons (Fsp3) is 0.529. The maximum atomic E-state index is 5.36. The maximum absolute atomic E-state index is 5.36. The minimum absolute atomic E-state index is 0.423. The second-order valence-corrected chi connectivity index (χ2v) is 5.54. The van der Waals surface area contributed by atoms with Crippen molar-refractivity contribution in [3.63, 3.8) is 0 Å². The Hall–Kier alpha value is -1.30. The van der Waals surface area contributed by atoms with Crippen molar-refractivity contribution in [1.29, 1.82) is 0 Å². The van der Waals surface area contributed by atoms with Gasteiger partial charge in [0, 0.05) is 31.6 Å². The number of likely N-dealkylation sites (tertiary alicyclic amines) is 1. The second kappa shape index (κ2) is 7.33. The summed E-state index contributed by atoms with van der Waals surface area (Å²) in [7, 11) is 0. The van der Waals surface area contributed by atoms with Gasteiger partial charge in [0.05, 0.1) is 0 Å². The molecule has 2 unspecified atom stereocenters. The van der Waals surface area contributed by atoms with Gasteiger partial charge in [0.25, 0.3) is 0 Å². The van der Waals surface area contributed by atoms with Crippen LogP contribution in [0.3, 0.4) is 0 Å². The summed E-state index contributed by atoms with van der Waals surface area (Å²) in [6.07, 6.45) is 8.71. The van der Waals surface area contributed by atoms with Crippen LogP contribution in [0, 0.1) is 12.3 Å². The predicted molar refractivity (Wildman–Crippen MR) is 80.8 cm³/mol. The van der Waals surface area contributed by atoms with E-state index in [2.05, 4.69) is 53.4 Å². The Bertz CT molecular complexity index is 407. The fourth-order valence-corrected chi connectivity index (χ4v) is 2.81. The maximum Gasteiger partial charge on any atom is 0.0238 e. The van der Waals surface area contributed by atoms with Crippen molar-refractivity contribution >= 4 is 0 Å². The van der Waals surface area contributed by atoms with E-state index in [1.807, 2.05) is 0 Å². The lowest BCUT2D eigenvalue weighted by Crippen LogP contribution is -2.48. The van der Waals surface area contributed by atoms with Gasteiger partial charge < -0.3 is 5.32 Å². The highest BCUT2D eigenvalue weighted by Crippen LogP contribution is 2.14. The lowest BCUT2D eigenvalue weighted by atomic mass is 10.0. The van der Waals surface area contributed by atoms with E-state index >= 15 is 0 Å². The summed E-state index contributed by atoms with van der Waals surface area (Å²) in [6.45, 7) is 5.57. The van der Waals surface area contributed by atoms with Gasteiger partial charge in [-0.3, -0.25) is 4.90 Å². The third kappa shape index (κ3) is 4.70. The lowest BCUT2D eigenvalue weighted by molar-refractivity contribution is 0.177. The Kier molecular flexibility index (Phi) is 5.44. The number of terminal acetylenes is 1. The monoisotopic (exact) mass is 256 g/mol. The molecule has 1 aromatic carbocycles. The molecule has 19 heavy (non-hydrogen) atoms. The van der Waals surface area contributed by atoms with Crippen LogP contribution in [0.15, 0.2) is 30.3 Å². The Morgan fingerprint density at radius 2 is 2.21 bits per heavy atom. The standard InChI is InChI=1S/C17H24N2/c1-3-8-15(2)18-17-11-7-12-19(14-17)13-16-9-5-4-6-10-16/h1,4-6,9-10,15,17-18H,7-8,11-14H2,2H3. The zero-order valence-corrected chi connectivity index (χ0v) is 11.8. The Morgan fingerprint density at radius 3 is 2.95 bits per heavy atom. The Balaban J connectivity index is 1.82. The van der Waals surface area contributed by atoms with E-state index in [9.17, 15) is 0 Å². The summed E-state index contributed by atoms with van der Waals surface area (Å²) in [4.78, 5) is 2.54. The number of hydrogen-bond acceptors (Lipinski definition) is 2. The summed E-state index contributed by atoms with van der Waals surface area (Å²) < 4.78 is 0. The molecule has 0 saturated carbocycles. The summed E-state index contributed by atoms with van der Waals surface area (Å²) in [5.41, 5.74) is 1.40. The van der Waals surface area contributed by atoms with Gasteiger partial charge in [0.2, 0.25) is 0 Å². The minimum Gasteiger partial charge on any atom is -0.309 e. The van der Waals surface area contributed by atoms with Gasteiger partial charge >= 0.3 is 0 Å². The highest BCUT2D eigenvalue weighted by atomic mass is 15.2. The van der Waals surface area contributed by atoms with E-state index in [0.717, 1.165) is 19.5 Å². The van der Waals surface area contributed by atoms with Crippen LogP contribution in [0.5, 0.6) is 0 Å². The molecule has 1 aromatic rings. The molecule has 1 saturated heterocycles. The molecule has 1 heterocycles. The van der Waals surface area contributed by atoms with E-state index < -0.39 is 0 Å². The van der Waals surface area contributed by atoms with Crippen LogP contribution in [-0.2, 0) is 6.54 Å². The van der Waals surface area contributed by atoms with Gasteiger partial charge in [-0.05, 0) is 31.9 Å². The van der Waals surface area contributed by atoms with Gasteiger partial charge in [-0.1, -0.05) is 30.3 Å². The van der Waals surface area contributed by atoms with Gasteiger partial charge in [0.15, 0.2) is 0 Å². The molecule has 0 amide bonds. The summed E-state index contributed by atoms with van der Waals surface area (Å²) >= 11 is 0. The van der Waals surface area contributed by atoms with Crippen LogP contribution in [0.2, 0.25) is 0 Å². The minimum atomic E-state index is 0.423. The van der Waals surface area contributed by atoms with Gasteiger partial charge in [0.1, 0.15) is 0 Å². The van der Waals surface area contributed by atoms with Crippen molar-refractivity contribution in [3.05, 3.63) is 35.9 Å². The molecular formula is C17H24N2. The first-order valence-corrected chi connectivity index (χ1v) is 7.23. The molecule has 0 aliphatic carbocycles. The molecule has 0 bridgehead atoms. The first-order chi connectivity index (χ1) is 9.28. The summed E-state index contributed by atoms with van der Waals surface area (Å²) in [5, 5.41) is 3.65. The van der Waals surface area contributed by atoms with Crippen LogP contribution in [0.25, 0.3) is 0 Å². The molecule has 1 aliphatic heterocycles. The molecule has 0 radical (unpaired) electrons. The van der Waals surface area contributed by atoms with Crippen molar-refractivity contribution in [3.8, 4) is 12.3 Å². The normalized spacial score (nSPS) is 21.8. The van der Waals surface area contributed by atoms with E-state index in [4.69, 9.17) is 6.42 Å². The molecule has 1 N–H and O–H groups in total. The van der Waals surface area contributed by atoms with Gasteiger partial charge in [-0.15, -0.1) is 12.3 Å². The average molecular weight is 256 g/mol. The third-order valence-corrected chi connectivity index (χ3v) is 3.70. The van der Waals surface area contributed by atoms with Crippen molar-refractivity contribution in [1.82, 2.24) is 10.2 Å². The van der Waals surface area contributed by atoms with Gasteiger partial charge in [-0.25, -0.2) is 0 Å². The predicted octanol–water partition coefficient (Wildman–Crippen LogP) is 2.65. The van der Waals surface area contributed by atoms with E-state index in [0.29, 0.717) is 12.1 Å². The highest BCUT2D eigenvalue weighted by Gasteiger charge is 2.20. The van der Waals surface area contributed by atoms with E-state index in [-0.39, 0.29) is 0 Å². The zero-order chi connectivity index (χ0) is 13.5. The summed E-state index contributed by atoms with van der Waals surface area (Å²) in [6, 6.07) is 11.7. The number of piperidine rings is 1. The molecule has 1 fully saturated rings. The SMILES string of the molecule is C#CCC(C)NC1CCCN(Cc2ccccc2)C1. The van der Waals surface area contributed by atoms with Crippen LogP contribution < -0.4 is 5.32 Å². The topological polar surface area (TPSA) is 15.3 Å². The van der Waals surface area contributed by atoms with Gasteiger partial charge in [-0.2, -0.15) is 0 Å². The lowest BCUT2D eigenvalue weighted by Gasteiger charge is -2.34. The first kappa shape index (κ1) is 14.1. The molecule has 2 heteroatoms. The van der Waals surface area contributed by atoms with Crippen molar-refractivity contribution < 1.29 is 0 Å². The van der Waals surface area contributed by atoms with Crippen LogP contribution >= 0.6 is 0 Å². The number of hydrogen-bond donors (Lipinski definition) is 1. The van der Waals surface area contributed by atoms with Crippen molar-refractivity contribution in [2.75, 3.05) is 13.1 Å². The smallest absolute Gasteiger partial charge is 0.0238 e. The first-order valence-electron chi connectivity index (χ1n) is 7.23. The Morgan fingerprint density at radius 1 is 1.42 bits per heavy atom. The number of rotatable bonds is 5. The molecule has 2 nitrogen and oxygen atoms in total. The fourth-order valence-electron chi connectivity index (χ4n) is 2.81. The molecule has 102 valence electrons. The molecular weight excluding hydrogens is 232 g/mol. The summed E-state index contributed by atoms with van der Waals surface area (Å²) in [5.74, 6) is 2.73. The number of benzene rings is 1. The molecule has 0 aromatic heterocycles. The Labute approximate surface area is 117 Å². The second-order valence-electron chi connectivity index (χ2n) is 5.54. The van der Waals surface area contributed by atoms with E-state index in [1.165, 1.54) is 24.9 Å². The molecule has 1 aliphatic rings. The van der Waals surface area contributed by atoms with Crippen LogP contribution in [-0.4, -0.2) is 30.1 Å². The molecule has 2 rings (SSSR count). The van der Waals surface area contributed by atoms with Crippen molar-refractivity contribution in [2.24, 2.45) is 0 Å². The van der Waals surface area contributed by atoms with E-state index in [1.54, 1.807) is 0 Å². The third-order valence-electron chi connectivity index (χ3n) is 3.70. The number of nitrogens with zero attached hydrogens (tertiary/aromatic N) is 1. The van der Waals surface area contributed by atoms with Crippen molar-refractivity contribution in [2.45, 2.75) is 44.8 Å². The molecule has 2 atom stereocenters. The van der Waals surface area contributed by atoms with Crippen LogP contribution in [0.4, 0.5) is 0 Å². The zero-order valence-electron chi connectivity index (χ0n) is 11.8. The number of nitrogens with one attached hydrogen (secondary N) is 1.